The number of nitro groups is 1. The summed E-state index contributed by atoms with van der Waals surface area (Å²) < 4.78 is 29.6. The summed E-state index contributed by atoms with van der Waals surface area (Å²) in [5.41, 5.74) is 0.444. The largest absolute Gasteiger partial charge is 0.308 e. The molecule has 3 aromatic rings. The van der Waals surface area contributed by atoms with Gasteiger partial charge in [-0.15, -0.1) is 0 Å². The number of nitrogens with zero attached hydrogens (tertiary/aromatic N) is 2. The van der Waals surface area contributed by atoms with Crippen LogP contribution in [0.5, 0.6) is 0 Å². The number of hydrogen-bond donors (Lipinski definition) is 1. The van der Waals surface area contributed by atoms with Gasteiger partial charge in [0.1, 0.15) is 0 Å². The molecule has 3 rings (SSSR count). The van der Waals surface area contributed by atoms with Crippen LogP contribution in [0.1, 0.15) is 6.92 Å². The molecule has 130 valence electrons. The SMILES string of the molecule is CCn1c(=O)sc2cc(NS(=O)(=O)c3ccccc3[N+](=O)[O-])ccc21. The zero-order chi connectivity index (χ0) is 18.2. The number of rotatable bonds is 5. The summed E-state index contributed by atoms with van der Waals surface area (Å²) in [7, 11) is -4.14. The van der Waals surface area contributed by atoms with Crippen molar-refractivity contribution in [2.45, 2.75) is 18.4 Å². The standard InChI is InChI=1S/C15H13N3O5S2/c1-2-17-11-8-7-10(9-13(11)24-15(17)19)16-25(22,23)14-6-4-3-5-12(14)18(20)21/h3-9,16H,2H2,1H3. The molecule has 0 amide bonds. The fourth-order valence-electron chi connectivity index (χ4n) is 2.47. The minimum atomic E-state index is -4.14. The van der Waals surface area contributed by atoms with Crippen LogP contribution >= 0.6 is 11.3 Å². The summed E-state index contributed by atoms with van der Waals surface area (Å²) in [6.45, 7) is 2.36. The third kappa shape index (κ3) is 3.13. The summed E-state index contributed by atoms with van der Waals surface area (Å²) in [5.74, 6) is 0. The van der Waals surface area contributed by atoms with Crippen molar-refractivity contribution in [1.82, 2.24) is 4.57 Å². The molecule has 1 heterocycles. The first-order chi connectivity index (χ1) is 11.8. The van der Waals surface area contributed by atoms with Crippen molar-refractivity contribution in [2.75, 3.05) is 4.72 Å². The lowest BCUT2D eigenvalue weighted by atomic mass is 10.3. The number of benzene rings is 2. The topological polar surface area (TPSA) is 111 Å². The number of nitrogens with one attached hydrogen (secondary N) is 1. The van der Waals surface area contributed by atoms with Crippen LogP contribution in [-0.4, -0.2) is 17.9 Å². The van der Waals surface area contributed by atoms with E-state index in [-0.39, 0.29) is 10.6 Å². The minimum Gasteiger partial charge on any atom is -0.299 e. The fraction of sp³-hybridized carbons (Fsp3) is 0.133. The monoisotopic (exact) mass is 379 g/mol. The van der Waals surface area contributed by atoms with Crippen LogP contribution in [0, 0.1) is 10.1 Å². The van der Waals surface area contributed by atoms with Crippen molar-refractivity contribution < 1.29 is 13.3 Å². The van der Waals surface area contributed by atoms with Gasteiger partial charge in [-0.05, 0) is 31.2 Å². The molecular formula is C15H13N3O5S2. The van der Waals surface area contributed by atoms with E-state index in [2.05, 4.69) is 4.72 Å². The number of thiazole rings is 1. The number of para-hydroxylation sites is 1. The fourth-order valence-corrected chi connectivity index (χ4v) is 4.69. The average Bonchev–Trinajstić information content (AvgIpc) is 2.88. The van der Waals surface area contributed by atoms with Gasteiger partial charge in [-0.3, -0.25) is 24.2 Å². The van der Waals surface area contributed by atoms with E-state index in [4.69, 9.17) is 0 Å². The van der Waals surface area contributed by atoms with Gasteiger partial charge in [0.15, 0.2) is 4.90 Å². The van der Waals surface area contributed by atoms with Crippen molar-refractivity contribution in [3.63, 3.8) is 0 Å². The molecule has 1 aromatic heterocycles. The Morgan fingerprint density at radius 1 is 1.24 bits per heavy atom. The normalized spacial score (nSPS) is 11.6. The van der Waals surface area contributed by atoms with Crippen molar-refractivity contribution in [1.29, 1.82) is 0 Å². The van der Waals surface area contributed by atoms with E-state index < -0.39 is 25.5 Å². The Morgan fingerprint density at radius 2 is 1.96 bits per heavy atom. The maximum Gasteiger partial charge on any atom is 0.308 e. The molecule has 0 fully saturated rings. The first-order valence-electron chi connectivity index (χ1n) is 7.23. The summed E-state index contributed by atoms with van der Waals surface area (Å²) in [6.07, 6.45) is 0. The summed E-state index contributed by atoms with van der Waals surface area (Å²) in [6, 6.07) is 9.82. The molecule has 0 saturated heterocycles. The van der Waals surface area contributed by atoms with Crippen LogP contribution in [0.15, 0.2) is 52.2 Å². The highest BCUT2D eigenvalue weighted by molar-refractivity contribution is 7.92. The van der Waals surface area contributed by atoms with Crippen LogP contribution in [0.2, 0.25) is 0 Å². The van der Waals surface area contributed by atoms with Crippen molar-refractivity contribution in [3.05, 3.63) is 62.2 Å². The Labute approximate surface area is 146 Å². The van der Waals surface area contributed by atoms with Crippen molar-refractivity contribution in [3.8, 4) is 0 Å². The molecule has 0 aliphatic heterocycles. The Kier molecular flexibility index (Phi) is 4.31. The Balaban J connectivity index is 2.03. The third-order valence-electron chi connectivity index (χ3n) is 3.59. The van der Waals surface area contributed by atoms with Gasteiger partial charge in [-0.1, -0.05) is 23.5 Å². The number of sulfonamides is 1. The van der Waals surface area contributed by atoms with Crippen LogP contribution in [0.25, 0.3) is 10.2 Å². The highest BCUT2D eigenvalue weighted by Crippen LogP contribution is 2.27. The van der Waals surface area contributed by atoms with E-state index in [0.29, 0.717) is 16.8 Å². The van der Waals surface area contributed by atoms with E-state index in [1.54, 1.807) is 16.7 Å². The summed E-state index contributed by atoms with van der Waals surface area (Å²) in [4.78, 5) is 21.6. The molecule has 0 bridgehead atoms. The highest BCUT2D eigenvalue weighted by Gasteiger charge is 2.25. The van der Waals surface area contributed by atoms with Crippen LogP contribution < -0.4 is 9.60 Å². The van der Waals surface area contributed by atoms with Gasteiger partial charge in [-0.2, -0.15) is 0 Å². The molecule has 0 spiro atoms. The van der Waals surface area contributed by atoms with Gasteiger partial charge in [0.2, 0.25) is 0 Å². The predicted octanol–water partition coefficient (Wildman–Crippen LogP) is 2.79. The molecule has 8 nitrogen and oxygen atoms in total. The zero-order valence-electron chi connectivity index (χ0n) is 13.0. The Hall–Kier alpha value is -2.72. The van der Waals surface area contributed by atoms with E-state index in [1.807, 2.05) is 6.92 Å². The molecule has 0 aliphatic carbocycles. The molecular weight excluding hydrogens is 366 g/mol. The lowest BCUT2D eigenvalue weighted by Gasteiger charge is -2.08. The highest BCUT2D eigenvalue weighted by atomic mass is 32.2. The maximum atomic E-state index is 12.5. The van der Waals surface area contributed by atoms with E-state index in [9.17, 15) is 23.3 Å². The first kappa shape index (κ1) is 17.1. The van der Waals surface area contributed by atoms with Crippen LogP contribution in [0.4, 0.5) is 11.4 Å². The van der Waals surface area contributed by atoms with Gasteiger partial charge in [0, 0.05) is 12.6 Å². The van der Waals surface area contributed by atoms with E-state index in [1.165, 1.54) is 24.3 Å². The van der Waals surface area contributed by atoms with Gasteiger partial charge in [0.05, 0.1) is 20.8 Å². The van der Waals surface area contributed by atoms with Gasteiger partial charge in [-0.25, -0.2) is 8.42 Å². The second-order valence-electron chi connectivity index (χ2n) is 5.13. The smallest absolute Gasteiger partial charge is 0.299 e. The number of nitro benzene ring substituents is 1. The number of fused-ring (bicyclic) bond motifs is 1. The molecule has 0 radical (unpaired) electrons. The van der Waals surface area contributed by atoms with Gasteiger partial charge in [0.25, 0.3) is 15.7 Å². The average molecular weight is 379 g/mol. The molecule has 0 saturated carbocycles. The number of anilines is 1. The van der Waals surface area contributed by atoms with Crippen molar-refractivity contribution in [2.24, 2.45) is 0 Å². The van der Waals surface area contributed by atoms with Gasteiger partial charge >= 0.3 is 4.87 Å². The number of aromatic nitrogens is 1. The quantitative estimate of drug-likeness (QED) is 0.541. The number of hydrogen-bond acceptors (Lipinski definition) is 6. The molecule has 25 heavy (non-hydrogen) atoms. The lowest BCUT2D eigenvalue weighted by molar-refractivity contribution is -0.387. The maximum absolute atomic E-state index is 12.5. The number of aryl methyl sites for hydroxylation is 1. The van der Waals surface area contributed by atoms with Crippen LogP contribution in [-0.2, 0) is 16.6 Å². The van der Waals surface area contributed by atoms with E-state index >= 15 is 0 Å². The summed E-state index contributed by atoms with van der Waals surface area (Å²) in [5, 5.41) is 11.0. The predicted molar refractivity (Wildman–Crippen MR) is 95.7 cm³/mol. The second kappa shape index (κ2) is 6.30. The molecule has 10 heteroatoms. The van der Waals surface area contributed by atoms with E-state index in [0.717, 1.165) is 17.4 Å². The summed E-state index contributed by atoms with van der Waals surface area (Å²) >= 11 is 1.01. The first-order valence-corrected chi connectivity index (χ1v) is 9.53. The molecule has 0 unspecified atom stereocenters. The Bertz CT molecular complexity index is 1130. The minimum absolute atomic E-state index is 0.129. The molecule has 1 N–H and O–H groups in total. The van der Waals surface area contributed by atoms with Gasteiger partial charge < -0.3 is 0 Å². The second-order valence-corrected chi connectivity index (χ2v) is 7.77. The zero-order valence-corrected chi connectivity index (χ0v) is 14.6. The Morgan fingerprint density at radius 3 is 2.64 bits per heavy atom. The van der Waals surface area contributed by atoms with Crippen molar-refractivity contribution >= 4 is 43.0 Å². The molecule has 0 atom stereocenters. The lowest BCUT2D eigenvalue weighted by Crippen LogP contribution is -2.14. The van der Waals surface area contributed by atoms with Crippen LogP contribution in [0.3, 0.4) is 0 Å². The molecule has 2 aromatic carbocycles. The third-order valence-corrected chi connectivity index (χ3v) is 5.96. The molecule has 0 aliphatic rings.